The SMILES string of the molecule is CNC(C)(C#N)CSCC(C)CO. The number of nitriles is 1. The van der Waals surface area contributed by atoms with E-state index < -0.39 is 5.54 Å². The lowest BCUT2D eigenvalue weighted by Gasteiger charge is -2.20. The lowest BCUT2D eigenvalue weighted by atomic mass is 10.1. The quantitative estimate of drug-likeness (QED) is 0.670. The highest BCUT2D eigenvalue weighted by Crippen LogP contribution is 2.14. The molecule has 0 bridgehead atoms. The van der Waals surface area contributed by atoms with Gasteiger partial charge in [0.25, 0.3) is 0 Å². The van der Waals surface area contributed by atoms with Crippen molar-refractivity contribution >= 4 is 11.8 Å². The number of nitrogens with zero attached hydrogens (tertiary/aromatic N) is 1. The summed E-state index contributed by atoms with van der Waals surface area (Å²) in [6.07, 6.45) is 0. The Balaban J connectivity index is 3.69. The van der Waals surface area contributed by atoms with Crippen LogP contribution in [0.1, 0.15) is 13.8 Å². The summed E-state index contributed by atoms with van der Waals surface area (Å²) in [7, 11) is 1.79. The average Bonchev–Trinajstić information content (AvgIpc) is 2.17. The van der Waals surface area contributed by atoms with Gasteiger partial charge in [0.15, 0.2) is 0 Å². The second-order valence-corrected chi connectivity index (χ2v) is 4.53. The predicted octanol–water partition coefficient (Wildman–Crippen LogP) is 0.850. The van der Waals surface area contributed by atoms with Crippen LogP contribution in [-0.4, -0.2) is 35.8 Å². The molecular formula is C9H18N2OS. The molecular weight excluding hydrogens is 184 g/mol. The Morgan fingerprint density at radius 3 is 2.69 bits per heavy atom. The molecule has 0 heterocycles. The van der Waals surface area contributed by atoms with Crippen LogP contribution in [0.2, 0.25) is 0 Å². The molecule has 3 nitrogen and oxygen atoms in total. The first-order valence-electron chi connectivity index (χ1n) is 4.36. The van der Waals surface area contributed by atoms with Crippen LogP contribution in [0.4, 0.5) is 0 Å². The summed E-state index contributed by atoms with van der Waals surface area (Å²) >= 11 is 1.70. The summed E-state index contributed by atoms with van der Waals surface area (Å²) in [6, 6.07) is 2.23. The molecule has 0 saturated carbocycles. The topological polar surface area (TPSA) is 56.0 Å². The molecule has 0 aliphatic rings. The fourth-order valence-electron chi connectivity index (χ4n) is 0.677. The van der Waals surface area contributed by atoms with Crippen LogP contribution >= 0.6 is 11.8 Å². The van der Waals surface area contributed by atoms with Crippen molar-refractivity contribution in [3.05, 3.63) is 0 Å². The maximum Gasteiger partial charge on any atom is 0.112 e. The van der Waals surface area contributed by atoms with Gasteiger partial charge in [-0.25, -0.2) is 0 Å². The normalized spacial score (nSPS) is 17.5. The molecule has 13 heavy (non-hydrogen) atoms. The molecule has 4 heteroatoms. The molecule has 2 N–H and O–H groups in total. The zero-order chi connectivity index (χ0) is 10.3. The highest BCUT2D eigenvalue weighted by Gasteiger charge is 2.20. The highest BCUT2D eigenvalue weighted by molar-refractivity contribution is 7.99. The van der Waals surface area contributed by atoms with E-state index in [1.807, 2.05) is 13.8 Å². The Kier molecular flexibility index (Phi) is 6.13. The molecule has 0 saturated heterocycles. The summed E-state index contributed by atoms with van der Waals surface area (Å²) < 4.78 is 0. The molecule has 0 spiro atoms. The second-order valence-electron chi connectivity index (χ2n) is 3.50. The lowest BCUT2D eigenvalue weighted by Crippen LogP contribution is -2.40. The van der Waals surface area contributed by atoms with Gasteiger partial charge in [-0.3, -0.25) is 0 Å². The van der Waals surface area contributed by atoms with E-state index in [-0.39, 0.29) is 6.61 Å². The fourth-order valence-corrected chi connectivity index (χ4v) is 1.92. The Hall–Kier alpha value is -0.240. The van der Waals surface area contributed by atoms with Gasteiger partial charge in [-0.1, -0.05) is 6.92 Å². The van der Waals surface area contributed by atoms with Crippen LogP contribution < -0.4 is 5.32 Å². The summed E-state index contributed by atoms with van der Waals surface area (Å²) in [5.74, 6) is 1.96. The molecule has 0 amide bonds. The predicted molar refractivity (Wildman–Crippen MR) is 56.7 cm³/mol. The first-order chi connectivity index (χ1) is 6.08. The van der Waals surface area contributed by atoms with Gasteiger partial charge in [0.2, 0.25) is 0 Å². The molecule has 2 atom stereocenters. The van der Waals surface area contributed by atoms with E-state index in [1.54, 1.807) is 18.8 Å². The first-order valence-corrected chi connectivity index (χ1v) is 5.52. The third-order valence-electron chi connectivity index (χ3n) is 1.90. The first kappa shape index (κ1) is 12.8. The summed E-state index contributed by atoms with van der Waals surface area (Å²) in [6.45, 7) is 4.09. The maximum absolute atomic E-state index is 8.83. The van der Waals surface area contributed by atoms with E-state index in [1.165, 1.54) is 0 Å². The molecule has 0 aromatic rings. The number of aliphatic hydroxyl groups is 1. The van der Waals surface area contributed by atoms with Gasteiger partial charge >= 0.3 is 0 Å². The minimum absolute atomic E-state index is 0.218. The van der Waals surface area contributed by atoms with Gasteiger partial charge in [-0.15, -0.1) is 0 Å². The Morgan fingerprint density at radius 2 is 2.31 bits per heavy atom. The minimum atomic E-state index is -0.445. The number of aliphatic hydroxyl groups excluding tert-OH is 1. The maximum atomic E-state index is 8.83. The molecule has 0 aliphatic heterocycles. The van der Waals surface area contributed by atoms with E-state index in [9.17, 15) is 0 Å². The van der Waals surface area contributed by atoms with Crippen molar-refractivity contribution in [3.63, 3.8) is 0 Å². The summed E-state index contributed by atoms with van der Waals surface area (Å²) in [4.78, 5) is 0. The summed E-state index contributed by atoms with van der Waals surface area (Å²) in [5.41, 5.74) is -0.445. The highest BCUT2D eigenvalue weighted by atomic mass is 32.2. The van der Waals surface area contributed by atoms with Gasteiger partial charge in [0.05, 0.1) is 6.07 Å². The van der Waals surface area contributed by atoms with Crippen molar-refractivity contribution in [2.45, 2.75) is 19.4 Å². The van der Waals surface area contributed by atoms with Crippen molar-refractivity contribution in [3.8, 4) is 6.07 Å². The van der Waals surface area contributed by atoms with Crippen molar-refractivity contribution in [1.29, 1.82) is 5.26 Å². The van der Waals surface area contributed by atoms with Crippen LogP contribution in [0.3, 0.4) is 0 Å². The number of thioether (sulfide) groups is 1. The second kappa shape index (κ2) is 6.25. The average molecular weight is 202 g/mol. The summed E-state index contributed by atoms with van der Waals surface area (Å²) in [5, 5.41) is 20.6. The Bertz CT molecular complexity index is 181. The van der Waals surface area contributed by atoms with E-state index in [4.69, 9.17) is 10.4 Å². The largest absolute Gasteiger partial charge is 0.396 e. The zero-order valence-corrected chi connectivity index (χ0v) is 9.32. The van der Waals surface area contributed by atoms with Crippen molar-refractivity contribution in [2.75, 3.05) is 25.2 Å². The molecule has 0 aromatic carbocycles. The molecule has 2 unspecified atom stereocenters. The number of nitrogens with one attached hydrogen (secondary N) is 1. The smallest absolute Gasteiger partial charge is 0.112 e. The molecule has 0 rings (SSSR count). The molecule has 0 fully saturated rings. The molecule has 76 valence electrons. The van der Waals surface area contributed by atoms with Gasteiger partial charge < -0.3 is 10.4 Å². The van der Waals surface area contributed by atoms with E-state index >= 15 is 0 Å². The molecule has 0 aliphatic carbocycles. The van der Waals surface area contributed by atoms with Crippen LogP contribution in [0.25, 0.3) is 0 Å². The van der Waals surface area contributed by atoms with E-state index in [0.29, 0.717) is 5.92 Å². The van der Waals surface area contributed by atoms with E-state index in [0.717, 1.165) is 11.5 Å². The van der Waals surface area contributed by atoms with Gasteiger partial charge in [-0.05, 0) is 25.6 Å². The molecule has 0 aromatic heterocycles. The van der Waals surface area contributed by atoms with Crippen LogP contribution in [0.5, 0.6) is 0 Å². The van der Waals surface area contributed by atoms with Crippen LogP contribution in [0.15, 0.2) is 0 Å². The number of rotatable bonds is 6. The standard InChI is InChI=1S/C9H18N2OS/c1-8(4-12)5-13-7-9(2,6-10)11-3/h8,11-12H,4-5,7H2,1-3H3. The van der Waals surface area contributed by atoms with Gasteiger partial charge in [0, 0.05) is 12.4 Å². The zero-order valence-electron chi connectivity index (χ0n) is 8.50. The van der Waals surface area contributed by atoms with Crippen LogP contribution in [0, 0.1) is 17.2 Å². The van der Waals surface area contributed by atoms with Crippen molar-refractivity contribution in [1.82, 2.24) is 5.32 Å². The molecule has 0 radical (unpaired) electrons. The lowest BCUT2D eigenvalue weighted by molar-refractivity contribution is 0.250. The minimum Gasteiger partial charge on any atom is -0.396 e. The van der Waals surface area contributed by atoms with Gasteiger partial charge in [0.1, 0.15) is 5.54 Å². The fraction of sp³-hybridized carbons (Fsp3) is 0.889. The monoisotopic (exact) mass is 202 g/mol. The van der Waals surface area contributed by atoms with Crippen LogP contribution in [-0.2, 0) is 0 Å². The third-order valence-corrected chi connectivity index (χ3v) is 3.49. The Labute approximate surface area is 84.5 Å². The van der Waals surface area contributed by atoms with Gasteiger partial charge in [-0.2, -0.15) is 17.0 Å². The van der Waals surface area contributed by atoms with Crippen molar-refractivity contribution < 1.29 is 5.11 Å². The Morgan fingerprint density at radius 1 is 1.69 bits per heavy atom. The van der Waals surface area contributed by atoms with E-state index in [2.05, 4.69) is 11.4 Å². The number of hydrogen-bond donors (Lipinski definition) is 2. The third kappa shape index (κ3) is 5.14. The van der Waals surface area contributed by atoms with Crippen molar-refractivity contribution in [2.24, 2.45) is 5.92 Å². The number of hydrogen-bond acceptors (Lipinski definition) is 4.